The molecule has 3 nitrogen and oxygen atoms in total. The fourth-order valence-corrected chi connectivity index (χ4v) is 1.04. The molecule has 0 aliphatic carbocycles. The Hall–Kier alpha value is 0.546. The van der Waals surface area contributed by atoms with E-state index in [4.69, 9.17) is 11.6 Å². The fraction of sp³-hybridized carbons (Fsp3) is 0. The summed E-state index contributed by atoms with van der Waals surface area (Å²) in [5, 5.41) is 1.36. The van der Waals surface area contributed by atoms with Gasteiger partial charge in [-0.05, 0) is 6.07 Å². The van der Waals surface area contributed by atoms with Crippen LogP contribution < -0.4 is 0 Å². The molecule has 0 aliphatic rings. The van der Waals surface area contributed by atoms with E-state index in [0.29, 0.717) is 5.15 Å². The predicted molar refractivity (Wildman–Crippen MR) is 44.7 cm³/mol. The van der Waals surface area contributed by atoms with E-state index in [1.807, 2.05) is 6.07 Å². The smallest absolute Gasteiger partial charge is 0.142 e. The topological polar surface area (TPSA) is 41.6 Å². The van der Waals surface area contributed by atoms with Crippen LogP contribution in [0.3, 0.4) is 0 Å². The molecular formula is C6H4ClKN3. The SMILES string of the molecule is Clc1ncnc2[nH]ccc12.[K]. The number of aromatic amines is 1. The minimum Gasteiger partial charge on any atom is -0.346 e. The van der Waals surface area contributed by atoms with Crippen molar-refractivity contribution in [3.8, 4) is 0 Å². The van der Waals surface area contributed by atoms with Crippen LogP contribution in [0.15, 0.2) is 18.6 Å². The van der Waals surface area contributed by atoms with Crippen molar-refractivity contribution in [1.82, 2.24) is 15.0 Å². The molecule has 2 aromatic heterocycles. The van der Waals surface area contributed by atoms with Gasteiger partial charge in [0.2, 0.25) is 0 Å². The quantitative estimate of drug-likeness (QED) is 0.504. The zero-order valence-corrected chi connectivity index (χ0v) is 9.88. The number of hydrogen-bond donors (Lipinski definition) is 1. The second-order valence-corrected chi connectivity index (χ2v) is 2.26. The maximum atomic E-state index is 5.73. The Kier molecular flexibility index (Phi) is 3.48. The van der Waals surface area contributed by atoms with Crippen molar-refractivity contribution in [3.05, 3.63) is 23.7 Å². The summed E-state index contributed by atoms with van der Waals surface area (Å²) in [6.07, 6.45) is 3.21. The van der Waals surface area contributed by atoms with Gasteiger partial charge < -0.3 is 4.98 Å². The number of aromatic nitrogens is 3. The van der Waals surface area contributed by atoms with Gasteiger partial charge in [0.05, 0.1) is 5.39 Å². The molecule has 1 N–H and O–H groups in total. The van der Waals surface area contributed by atoms with E-state index >= 15 is 0 Å². The van der Waals surface area contributed by atoms with Gasteiger partial charge in [0.15, 0.2) is 0 Å². The molecule has 2 heterocycles. The predicted octanol–water partition coefficient (Wildman–Crippen LogP) is 1.23. The number of halogens is 1. The van der Waals surface area contributed by atoms with Gasteiger partial charge in [0.25, 0.3) is 0 Å². The summed E-state index contributed by atoms with van der Waals surface area (Å²) in [5.41, 5.74) is 0.778. The monoisotopic (exact) mass is 192 g/mol. The molecular weight excluding hydrogens is 189 g/mol. The third kappa shape index (κ3) is 1.82. The molecule has 51 valence electrons. The van der Waals surface area contributed by atoms with Crippen molar-refractivity contribution in [2.24, 2.45) is 0 Å². The summed E-state index contributed by atoms with van der Waals surface area (Å²) < 4.78 is 0. The molecule has 0 saturated heterocycles. The first-order chi connectivity index (χ1) is 4.88. The standard InChI is InChI=1S/C6H4ClN3.K/c7-5-4-1-2-8-6(4)10-3-9-5;/h1-3H,(H,8,9,10);. The van der Waals surface area contributed by atoms with Crippen molar-refractivity contribution < 1.29 is 0 Å². The van der Waals surface area contributed by atoms with Crippen molar-refractivity contribution in [2.75, 3.05) is 0 Å². The van der Waals surface area contributed by atoms with Crippen LogP contribution in [0.1, 0.15) is 0 Å². The summed E-state index contributed by atoms with van der Waals surface area (Å²) in [4.78, 5) is 10.7. The largest absolute Gasteiger partial charge is 0.346 e. The van der Waals surface area contributed by atoms with E-state index < -0.39 is 0 Å². The molecule has 2 rings (SSSR count). The van der Waals surface area contributed by atoms with Gasteiger partial charge in [-0.3, -0.25) is 0 Å². The number of hydrogen-bond acceptors (Lipinski definition) is 2. The second-order valence-electron chi connectivity index (χ2n) is 1.90. The van der Waals surface area contributed by atoms with Crippen LogP contribution in [0.25, 0.3) is 11.0 Å². The van der Waals surface area contributed by atoms with E-state index in [9.17, 15) is 0 Å². The Morgan fingerprint density at radius 2 is 2.18 bits per heavy atom. The van der Waals surface area contributed by atoms with Crippen LogP contribution in [0.5, 0.6) is 0 Å². The summed E-state index contributed by atoms with van der Waals surface area (Å²) in [5.74, 6) is 0. The minimum absolute atomic E-state index is 0. The molecule has 0 bridgehead atoms. The molecule has 2 aromatic rings. The van der Waals surface area contributed by atoms with Crippen LogP contribution in [0.4, 0.5) is 0 Å². The van der Waals surface area contributed by atoms with Crippen molar-refractivity contribution >= 4 is 74.0 Å². The summed E-state index contributed by atoms with van der Waals surface area (Å²) in [6, 6.07) is 1.84. The first kappa shape index (κ1) is 9.63. The zero-order chi connectivity index (χ0) is 6.97. The fourth-order valence-electron chi connectivity index (χ4n) is 0.841. The van der Waals surface area contributed by atoms with Crippen molar-refractivity contribution in [3.63, 3.8) is 0 Å². The Morgan fingerprint density at radius 3 is 2.91 bits per heavy atom. The van der Waals surface area contributed by atoms with Gasteiger partial charge in [0.1, 0.15) is 17.1 Å². The first-order valence-electron chi connectivity index (χ1n) is 2.81. The van der Waals surface area contributed by atoms with Crippen LogP contribution >= 0.6 is 11.6 Å². The Balaban J connectivity index is 0.000000605. The molecule has 5 heteroatoms. The number of H-pyrrole nitrogens is 1. The molecule has 0 atom stereocenters. The normalized spacial score (nSPS) is 9.55. The zero-order valence-electron chi connectivity index (χ0n) is 6.00. The van der Waals surface area contributed by atoms with Crippen LogP contribution in [-0.2, 0) is 0 Å². The molecule has 0 aliphatic heterocycles. The molecule has 0 aromatic carbocycles. The maximum Gasteiger partial charge on any atom is 0.142 e. The Labute approximate surface area is 111 Å². The first-order valence-corrected chi connectivity index (χ1v) is 3.19. The van der Waals surface area contributed by atoms with Crippen LogP contribution in [-0.4, -0.2) is 66.3 Å². The van der Waals surface area contributed by atoms with E-state index in [1.54, 1.807) is 6.20 Å². The van der Waals surface area contributed by atoms with E-state index in [1.165, 1.54) is 6.33 Å². The van der Waals surface area contributed by atoms with Gasteiger partial charge >= 0.3 is 0 Å². The average molecular weight is 193 g/mol. The third-order valence-corrected chi connectivity index (χ3v) is 1.61. The summed E-state index contributed by atoms with van der Waals surface area (Å²) in [6.45, 7) is 0. The number of rotatable bonds is 0. The molecule has 0 spiro atoms. The third-order valence-electron chi connectivity index (χ3n) is 1.31. The van der Waals surface area contributed by atoms with Crippen molar-refractivity contribution in [2.45, 2.75) is 0 Å². The molecule has 1 radical (unpaired) electrons. The Morgan fingerprint density at radius 1 is 1.36 bits per heavy atom. The molecule has 0 unspecified atom stereocenters. The van der Waals surface area contributed by atoms with Crippen molar-refractivity contribution in [1.29, 1.82) is 0 Å². The van der Waals surface area contributed by atoms with E-state index in [2.05, 4.69) is 15.0 Å². The Bertz CT molecular complexity index is 359. The number of nitrogens with zero attached hydrogens (tertiary/aromatic N) is 2. The average Bonchev–Trinajstić information content (AvgIpc) is 2.36. The van der Waals surface area contributed by atoms with E-state index in [-0.39, 0.29) is 51.4 Å². The molecule has 0 saturated carbocycles. The van der Waals surface area contributed by atoms with Gasteiger partial charge in [-0.2, -0.15) is 0 Å². The van der Waals surface area contributed by atoms with E-state index in [0.717, 1.165) is 11.0 Å². The van der Waals surface area contributed by atoms with Crippen LogP contribution in [0, 0.1) is 0 Å². The maximum absolute atomic E-state index is 5.73. The second kappa shape index (κ2) is 3.98. The molecule has 11 heavy (non-hydrogen) atoms. The van der Waals surface area contributed by atoms with Gasteiger partial charge in [-0.15, -0.1) is 0 Å². The number of nitrogens with one attached hydrogen (secondary N) is 1. The van der Waals surface area contributed by atoms with Gasteiger partial charge in [0, 0.05) is 57.6 Å². The summed E-state index contributed by atoms with van der Waals surface area (Å²) >= 11 is 5.73. The molecule has 0 fully saturated rings. The minimum atomic E-state index is 0. The van der Waals surface area contributed by atoms with Gasteiger partial charge in [-0.1, -0.05) is 11.6 Å². The number of fused-ring (bicyclic) bond motifs is 1. The summed E-state index contributed by atoms with van der Waals surface area (Å²) in [7, 11) is 0. The molecule has 0 amide bonds. The van der Waals surface area contributed by atoms with Crippen LogP contribution in [0.2, 0.25) is 5.15 Å². The van der Waals surface area contributed by atoms with Gasteiger partial charge in [-0.25, -0.2) is 9.97 Å².